The van der Waals surface area contributed by atoms with Gasteiger partial charge in [-0.1, -0.05) is 305 Å². The molecule has 0 bridgehead atoms. The van der Waals surface area contributed by atoms with Crippen molar-refractivity contribution >= 4 is 62.0 Å². The van der Waals surface area contributed by atoms with E-state index in [9.17, 15) is 8.22 Å². The van der Waals surface area contributed by atoms with Crippen LogP contribution in [0.25, 0.3) is 83.1 Å². The van der Waals surface area contributed by atoms with E-state index >= 15 is 0 Å². The number of hydrogen-bond acceptors (Lipinski definition) is 2. The van der Waals surface area contributed by atoms with Crippen molar-refractivity contribution in [3.63, 3.8) is 0 Å². The van der Waals surface area contributed by atoms with Crippen molar-refractivity contribution in [2.24, 2.45) is 0 Å². The number of anilines is 3. The lowest BCUT2D eigenvalue weighted by molar-refractivity contribution is 0.487. The fourth-order valence-corrected chi connectivity index (χ4v) is 15.5. The Morgan fingerprint density at radius 2 is 0.895 bits per heavy atom. The molecule has 1 aliphatic carbocycles. The molecule has 0 amide bonds. The van der Waals surface area contributed by atoms with Gasteiger partial charge in [0, 0.05) is 39.3 Å². The smallest absolute Gasteiger partial charge is 0.256 e. The first-order chi connectivity index (χ1) is 49.3. The maximum absolute atomic E-state index is 9.85. The summed E-state index contributed by atoms with van der Waals surface area (Å²) in [7, 11) is 0. The van der Waals surface area contributed by atoms with Crippen LogP contribution in [-0.2, 0) is 21.7 Å². The molecule has 13 aromatic carbocycles. The highest BCUT2D eigenvalue weighted by atomic mass is 16.5. The van der Waals surface area contributed by atoms with Gasteiger partial charge in [-0.2, -0.15) is 0 Å². The maximum atomic E-state index is 9.85. The standard InChI is InChI=1S/C91H75BN2O/c1-88(2,3)65-49-62(50-66(53-65)89(4,5)6)60-45-47-77-81(52-60)94(87-74(58-29-14-10-15-30-58)54-67(90(7,8)9)55-75(87)59-31-16-11-17-32-59)82-56-68(93-79-43-26-23-38-71(79)72-39-24-27-44-80(72)93)57-84-86(82)92(77)78-51-61(46-48-83(78)95-84)69-40-28-41-73-70-37-22-25-42-76(70)91(85(69)73,63-33-18-12-19-34-63)64-35-20-13-21-36-64/h10-57H,1-9H3/i23D,24D,26D,27D,38D,39D,43D,44D. The fourth-order valence-electron chi connectivity index (χ4n) is 15.5. The fraction of sp³-hybridized carbons (Fsp3) is 0.143. The van der Waals surface area contributed by atoms with E-state index in [1.807, 2.05) is 18.2 Å². The number of aromatic nitrogens is 1. The number of nitrogens with zero attached hydrogens (tertiary/aromatic N) is 2. The van der Waals surface area contributed by atoms with Gasteiger partial charge in [0.15, 0.2) is 0 Å². The van der Waals surface area contributed by atoms with Gasteiger partial charge in [0.2, 0.25) is 0 Å². The second-order valence-electron chi connectivity index (χ2n) is 29.0. The summed E-state index contributed by atoms with van der Waals surface area (Å²) in [5.41, 5.74) is 22.9. The Balaban J connectivity index is 1.03. The van der Waals surface area contributed by atoms with Crippen LogP contribution in [0.3, 0.4) is 0 Å². The highest BCUT2D eigenvalue weighted by Crippen LogP contribution is 2.59. The van der Waals surface area contributed by atoms with Crippen LogP contribution >= 0.6 is 0 Å². The Morgan fingerprint density at radius 1 is 0.379 bits per heavy atom. The minimum Gasteiger partial charge on any atom is -0.458 e. The number of fused-ring (bicyclic) bond motifs is 10. The van der Waals surface area contributed by atoms with Gasteiger partial charge < -0.3 is 14.2 Å². The molecule has 1 aromatic heterocycles. The monoisotopic (exact) mass is 1230 g/mol. The third kappa shape index (κ3) is 9.23. The van der Waals surface area contributed by atoms with Gasteiger partial charge in [0.05, 0.1) is 38.8 Å². The summed E-state index contributed by atoms with van der Waals surface area (Å²) >= 11 is 0. The van der Waals surface area contributed by atoms with Crippen LogP contribution in [0.4, 0.5) is 17.1 Å². The zero-order valence-electron chi connectivity index (χ0n) is 63.0. The van der Waals surface area contributed by atoms with Gasteiger partial charge in [-0.3, -0.25) is 0 Å². The second kappa shape index (κ2) is 21.7. The molecule has 0 saturated carbocycles. The molecule has 0 N–H and O–H groups in total. The van der Waals surface area contributed by atoms with Crippen LogP contribution in [0, 0.1) is 0 Å². The summed E-state index contributed by atoms with van der Waals surface area (Å²) in [6.45, 7) is 19.9. The second-order valence-corrected chi connectivity index (χ2v) is 29.0. The lowest BCUT2D eigenvalue weighted by Gasteiger charge is -2.42. The highest BCUT2D eigenvalue weighted by molar-refractivity contribution is 6.99. The first-order valence-corrected chi connectivity index (χ1v) is 33.1. The van der Waals surface area contributed by atoms with E-state index in [1.165, 1.54) is 27.8 Å². The largest absolute Gasteiger partial charge is 0.458 e. The molecule has 4 heteroatoms. The van der Waals surface area contributed by atoms with Crippen LogP contribution < -0.4 is 26.0 Å². The Bertz CT molecular complexity index is 5680. The topological polar surface area (TPSA) is 17.4 Å². The van der Waals surface area contributed by atoms with Crippen molar-refractivity contribution in [3.8, 4) is 72.8 Å². The summed E-state index contributed by atoms with van der Waals surface area (Å²) in [6.07, 6.45) is 0. The molecule has 17 rings (SSSR count). The van der Waals surface area contributed by atoms with Crippen LogP contribution in [0.2, 0.25) is 0 Å². The summed E-state index contributed by atoms with van der Waals surface area (Å²) in [5, 5.41) is -0.0194. The van der Waals surface area contributed by atoms with Gasteiger partial charge in [-0.15, -0.1) is 0 Å². The van der Waals surface area contributed by atoms with Crippen LogP contribution in [0.15, 0.2) is 291 Å². The summed E-state index contributed by atoms with van der Waals surface area (Å²) in [4.78, 5) is 2.40. The van der Waals surface area contributed by atoms with Crippen LogP contribution in [0.1, 0.15) is 112 Å². The molecule has 3 nitrogen and oxygen atoms in total. The molecule has 2 aliphatic heterocycles. The van der Waals surface area contributed by atoms with Gasteiger partial charge in [0.25, 0.3) is 6.71 Å². The molecule has 0 saturated heterocycles. The molecule has 0 radical (unpaired) electrons. The number of hydrogen-bond donors (Lipinski definition) is 0. The van der Waals surface area contributed by atoms with E-state index in [4.69, 9.17) is 7.48 Å². The lowest BCUT2D eigenvalue weighted by Crippen LogP contribution is -2.59. The summed E-state index contributed by atoms with van der Waals surface area (Å²) < 4.78 is 84.8. The lowest BCUT2D eigenvalue weighted by atomic mass is 9.34. The molecule has 95 heavy (non-hydrogen) atoms. The Labute approximate surface area is 571 Å². The van der Waals surface area contributed by atoms with Crippen molar-refractivity contribution in [2.45, 2.75) is 84.0 Å². The van der Waals surface area contributed by atoms with Gasteiger partial charge >= 0.3 is 0 Å². The Hall–Kier alpha value is -10.7. The van der Waals surface area contributed by atoms with E-state index in [0.717, 1.165) is 94.5 Å². The number of benzene rings is 13. The van der Waals surface area contributed by atoms with E-state index in [1.54, 1.807) is 4.57 Å². The van der Waals surface area contributed by atoms with Crippen molar-refractivity contribution in [3.05, 3.63) is 330 Å². The van der Waals surface area contributed by atoms with Gasteiger partial charge in [-0.25, -0.2) is 0 Å². The maximum Gasteiger partial charge on any atom is 0.256 e. The molecule has 14 aromatic rings. The van der Waals surface area contributed by atoms with Crippen molar-refractivity contribution < 1.29 is 15.7 Å². The molecule has 0 fully saturated rings. The van der Waals surface area contributed by atoms with Gasteiger partial charge in [-0.05, 0) is 159 Å². The molecule has 3 aliphatic rings. The molecular weight excluding hydrogens is 1150 g/mol. The van der Waals surface area contributed by atoms with Crippen molar-refractivity contribution in [1.29, 1.82) is 0 Å². The number of para-hydroxylation sites is 2. The molecule has 0 unspecified atom stereocenters. The first kappa shape index (κ1) is 49.9. The van der Waals surface area contributed by atoms with Crippen molar-refractivity contribution in [1.82, 2.24) is 4.57 Å². The number of rotatable bonds is 8. The molecule has 0 spiro atoms. The zero-order valence-corrected chi connectivity index (χ0v) is 55.0. The van der Waals surface area contributed by atoms with E-state index in [-0.39, 0.29) is 50.1 Å². The minimum atomic E-state index is -0.716. The minimum absolute atomic E-state index is 0.00969. The predicted octanol–water partition coefficient (Wildman–Crippen LogP) is 22.1. The van der Waals surface area contributed by atoms with Crippen LogP contribution in [0.5, 0.6) is 11.5 Å². The quantitative estimate of drug-likeness (QED) is 0.141. The van der Waals surface area contributed by atoms with Crippen LogP contribution in [-0.4, -0.2) is 11.3 Å². The van der Waals surface area contributed by atoms with Crippen molar-refractivity contribution in [2.75, 3.05) is 4.90 Å². The summed E-state index contributed by atoms with van der Waals surface area (Å²) in [6, 6.07) is 84.2. The molecule has 458 valence electrons. The zero-order chi connectivity index (χ0) is 71.7. The van der Waals surface area contributed by atoms with E-state index in [0.29, 0.717) is 22.9 Å². The molecule has 3 heterocycles. The third-order valence-electron chi connectivity index (χ3n) is 20.2. The Kier molecular flexibility index (Phi) is 11.4. The SMILES string of the molecule is [2H]c1c([2H])c([2H])c2c(c1[2H])c1c([2H])c([2H])c([2H])c([2H])c1n2-c1cc2c3c(c1)N(c1c(-c4ccccc4)cc(C(C)(C)C)cc1-c1ccccc1)c1cc(-c4cc(C(C)(C)C)cc(C(C)(C)C)c4)ccc1B3c1cc(-c3cccc4c3C(c3ccccc3)(c3ccccc3)c3ccccc3-4)ccc1O2. The first-order valence-electron chi connectivity index (χ1n) is 37.1. The normalized spacial score (nSPS) is 14.8. The van der Waals surface area contributed by atoms with Gasteiger partial charge in [0.1, 0.15) is 11.5 Å². The molecule has 0 atom stereocenters. The highest BCUT2D eigenvalue weighted by Gasteiger charge is 2.49. The average Bonchev–Trinajstić information content (AvgIpc) is 1.69. The Morgan fingerprint density at radius 3 is 1.48 bits per heavy atom. The molecular formula is C91H75BN2O. The predicted molar refractivity (Wildman–Crippen MR) is 402 cm³/mol. The average molecular weight is 1230 g/mol. The van der Waals surface area contributed by atoms with E-state index in [2.05, 4.69) is 292 Å². The van der Waals surface area contributed by atoms with E-state index < -0.39 is 48.4 Å². The summed E-state index contributed by atoms with van der Waals surface area (Å²) in [5.74, 6) is 1.09. The number of ether oxygens (including phenoxy) is 1. The third-order valence-corrected chi connectivity index (χ3v) is 20.2.